The predicted octanol–water partition coefficient (Wildman–Crippen LogP) is 1.37. The maximum atomic E-state index is 10.7. The van der Waals surface area contributed by atoms with Crippen LogP contribution in [0.5, 0.6) is 0 Å². The number of ether oxygens (including phenoxy) is 2. The highest BCUT2D eigenvalue weighted by molar-refractivity contribution is 5.70. The standard InChI is InChI=1S/C8H10O3/c1-2-8(9)11-7-4-3-5-10-6-7/h3-5H,2,6H2,1H3. The van der Waals surface area contributed by atoms with Crippen molar-refractivity contribution in [1.82, 2.24) is 0 Å². The monoisotopic (exact) mass is 154 g/mol. The zero-order valence-electron chi connectivity index (χ0n) is 6.37. The molecule has 0 bridgehead atoms. The molecule has 1 aliphatic heterocycles. The van der Waals surface area contributed by atoms with Crippen LogP contribution in [0.2, 0.25) is 0 Å². The fourth-order valence-electron chi connectivity index (χ4n) is 0.662. The van der Waals surface area contributed by atoms with Crippen molar-refractivity contribution in [2.24, 2.45) is 0 Å². The van der Waals surface area contributed by atoms with Crippen molar-refractivity contribution in [3.8, 4) is 0 Å². The molecule has 11 heavy (non-hydrogen) atoms. The van der Waals surface area contributed by atoms with Crippen LogP contribution in [0.1, 0.15) is 13.3 Å². The first-order valence-corrected chi connectivity index (χ1v) is 3.51. The summed E-state index contributed by atoms with van der Waals surface area (Å²) >= 11 is 0. The highest BCUT2D eigenvalue weighted by atomic mass is 16.6. The molecular weight excluding hydrogens is 144 g/mol. The molecule has 60 valence electrons. The second kappa shape index (κ2) is 3.81. The van der Waals surface area contributed by atoms with Gasteiger partial charge in [-0.25, -0.2) is 0 Å². The molecule has 0 saturated carbocycles. The first-order valence-electron chi connectivity index (χ1n) is 3.51. The number of hydrogen-bond acceptors (Lipinski definition) is 3. The average Bonchev–Trinajstić information content (AvgIpc) is 2.06. The second-order valence-electron chi connectivity index (χ2n) is 2.10. The zero-order chi connectivity index (χ0) is 8.10. The van der Waals surface area contributed by atoms with E-state index in [1.165, 1.54) is 0 Å². The van der Waals surface area contributed by atoms with Crippen LogP contribution in [0.3, 0.4) is 0 Å². The van der Waals surface area contributed by atoms with E-state index >= 15 is 0 Å². The fraction of sp³-hybridized carbons (Fsp3) is 0.375. The third kappa shape index (κ3) is 2.45. The maximum Gasteiger partial charge on any atom is 0.310 e. The van der Waals surface area contributed by atoms with Gasteiger partial charge in [-0.1, -0.05) is 6.92 Å². The minimum atomic E-state index is -0.227. The lowest BCUT2D eigenvalue weighted by Crippen LogP contribution is -2.07. The van der Waals surface area contributed by atoms with Crippen LogP contribution in [0.15, 0.2) is 24.2 Å². The zero-order valence-corrected chi connectivity index (χ0v) is 6.37. The van der Waals surface area contributed by atoms with E-state index in [1.807, 2.05) is 0 Å². The minimum Gasteiger partial charge on any atom is -0.493 e. The topological polar surface area (TPSA) is 35.5 Å². The molecule has 3 heteroatoms. The largest absolute Gasteiger partial charge is 0.493 e. The van der Waals surface area contributed by atoms with Crippen molar-refractivity contribution < 1.29 is 14.3 Å². The summed E-state index contributed by atoms with van der Waals surface area (Å²) in [5, 5.41) is 0. The van der Waals surface area contributed by atoms with E-state index in [0.29, 0.717) is 18.8 Å². The molecule has 0 aromatic rings. The van der Waals surface area contributed by atoms with Gasteiger partial charge in [0.05, 0.1) is 6.26 Å². The Kier molecular flexibility index (Phi) is 2.72. The summed E-state index contributed by atoms with van der Waals surface area (Å²) in [6, 6.07) is 0. The minimum absolute atomic E-state index is 0.227. The Hall–Kier alpha value is -1.25. The summed E-state index contributed by atoms with van der Waals surface area (Å²) in [5.74, 6) is 0.342. The van der Waals surface area contributed by atoms with Crippen LogP contribution in [0.25, 0.3) is 0 Å². The van der Waals surface area contributed by atoms with Crippen LogP contribution in [-0.2, 0) is 14.3 Å². The van der Waals surface area contributed by atoms with Gasteiger partial charge in [-0.15, -0.1) is 0 Å². The summed E-state index contributed by atoms with van der Waals surface area (Å²) in [4.78, 5) is 10.7. The number of carbonyl (C=O) groups is 1. The summed E-state index contributed by atoms with van der Waals surface area (Å²) in [7, 11) is 0. The average molecular weight is 154 g/mol. The summed E-state index contributed by atoms with van der Waals surface area (Å²) in [6.45, 7) is 2.10. The van der Waals surface area contributed by atoms with Crippen molar-refractivity contribution in [3.63, 3.8) is 0 Å². The molecular formula is C8H10O3. The van der Waals surface area contributed by atoms with E-state index < -0.39 is 0 Å². The Labute approximate surface area is 65.3 Å². The summed E-state index contributed by atoms with van der Waals surface area (Å²) in [6.07, 6.45) is 5.36. The van der Waals surface area contributed by atoms with Gasteiger partial charge >= 0.3 is 5.97 Å². The summed E-state index contributed by atoms with van der Waals surface area (Å²) in [5.41, 5.74) is 0. The molecule has 0 radical (unpaired) electrons. The Morgan fingerprint density at radius 1 is 1.82 bits per heavy atom. The van der Waals surface area contributed by atoms with Gasteiger partial charge in [0, 0.05) is 6.42 Å². The lowest BCUT2D eigenvalue weighted by atomic mass is 10.4. The molecule has 1 aliphatic rings. The SMILES string of the molecule is CCC(=O)OC1=CC=COC1. The Morgan fingerprint density at radius 3 is 3.18 bits per heavy atom. The quantitative estimate of drug-likeness (QED) is 0.563. The first-order chi connectivity index (χ1) is 5.33. The Morgan fingerprint density at radius 2 is 2.64 bits per heavy atom. The van der Waals surface area contributed by atoms with E-state index in [1.54, 1.807) is 25.3 Å². The second-order valence-corrected chi connectivity index (χ2v) is 2.10. The van der Waals surface area contributed by atoms with Gasteiger partial charge < -0.3 is 9.47 Å². The maximum absolute atomic E-state index is 10.7. The van der Waals surface area contributed by atoms with Crippen LogP contribution in [0, 0.1) is 0 Å². The van der Waals surface area contributed by atoms with Crippen LogP contribution < -0.4 is 0 Å². The Balaban J connectivity index is 2.42. The lowest BCUT2D eigenvalue weighted by molar-refractivity contribution is -0.139. The normalized spacial score (nSPS) is 15.2. The van der Waals surface area contributed by atoms with Crippen LogP contribution >= 0.6 is 0 Å². The molecule has 0 atom stereocenters. The van der Waals surface area contributed by atoms with Gasteiger partial charge in [0.25, 0.3) is 0 Å². The van der Waals surface area contributed by atoms with Gasteiger partial charge in [-0.3, -0.25) is 4.79 Å². The van der Waals surface area contributed by atoms with E-state index in [-0.39, 0.29) is 5.97 Å². The molecule has 0 fully saturated rings. The third-order valence-electron chi connectivity index (χ3n) is 1.22. The molecule has 0 amide bonds. The number of allylic oxidation sites excluding steroid dienone is 2. The number of rotatable bonds is 2. The van der Waals surface area contributed by atoms with Gasteiger partial charge in [0.1, 0.15) is 12.4 Å². The van der Waals surface area contributed by atoms with Crippen LogP contribution in [-0.4, -0.2) is 12.6 Å². The Bertz CT molecular complexity index is 203. The molecule has 3 nitrogen and oxygen atoms in total. The highest BCUT2D eigenvalue weighted by Gasteiger charge is 2.05. The molecule has 0 N–H and O–H groups in total. The number of hydrogen-bond donors (Lipinski definition) is 0. The summed E-state index contributed by atoms with van der Waals surface area (Å²) < 4.78 is 9.79. The third-order valence-corrected chi connectivity index (χ3v) is 1.22. The molecule has 1 heterocycles. The van der Waals surface area contributed by atoms with Crippen molar-refractivity contribution in [2.45, 2.75) is 13.3 Å². The van der Waals surface area contributed by atoms with Crippen molar-refractivity contribution in [1.29, 1.82) is 0 Å². The van der Waals surface area contributed by atoms with Crippen molar-refractivity contribution in [3.05, 3.63) is 24.2 Å². The predicted molar refractivity (Wildman–Crippen MR) is 39.6 cm³/mol. The molecule has 0 spiro atoms. The van der Waals surface area contributed by atoms with Crippen LogP contribution in [0.4, 0.5) is 0 Å². The number of carbonyl (C=O) groups excluding carboxylic acids is 1. The van der Waals surface area contributed by atoms with Gasteiger partial charge in [-0.2, -0.15) is 0 Å². The molecule has 0 unspecified atom stereocenters. The molecule has 0 saturated heterocycles. The fourth-order valence-corrected chi connectivity index (χ4v) is 0.662. The van der Waals surface area contributed by atoms with Gasteiger partial charge in [-0.05, 0) is 12.2 Å². The van der Waals surface area contributed by atoms with E-state index in [9.17, 15) is 4.79 Å². The molecule has 0 aliphatic carbocycles. The molecule has 0 aromatic carbocycles. The number of esters is 1. The molecule has 1 rings (SSSR count). The van der Waals surface area contributed by atoms with Gasteiger partial charge in [0.2, 0.25) is 0 Å². The van der Waals surface area contributed by atoms with E-state index in [0.717, 1.165) is 0 Å². The van der Waals surface area contributed by atoms with E-state index in [4.69, 9.17) is 9.47 Å². The molecule has 0 aromatic heterocycles. The van der Waals surface area contributed by atoms with Crippen molar-refractivity contribution in [2.75, 3.05) is 6.61 Å². The van der Waals surface area contributed by atoms with Crippen molar-refractivity contribution >= 4 is 5.97 Å². The lowest BCUT2D eigenvalue weighted by Gasteiger charge is -2.09. The highest BCUT2D eigenvalue weighted by Crippen LogP contribution is 2.05. The smallest absolute Gasteiger partial charge is 0.310 e. The van der Waals surface area contributed by atoms with E-state index in [2.05, 4.69) is 0 Å². The van der Waals surface area contributed by atoms with Gasteiger partial charge in [0.15, 0.2) is 0 Å². The first kappa shape index (κ1) is 7.85.